The van der Waals surface area contributed by atoms with Crippen LogP contribution in [0, 0.1) is 0 Å². The third kappa shape index (κ3) is 3.68. The molecular formula is C13H14BrNO2. The molecule has 2 aromatic rings. The standard InChI is InChI=1S/C13H14BrNO2/c1-9(16)5-12-8-15-13(17-12)7-10-3-2-4-11(14)6-10/h2-4,6,8-9,16H,5,7H2,1H3. The molecule has 2 rings (SSSR count). The first-order valence-electron chi connectivity index (χ1n) is 5.49. The number of hydrogen-bond donors (Lipinski definition) is 1. The summed E-state index contributed by atoms with van der Waals surface area (Å²) in [5, 5.41) is 9.25. The molecule has 0 aliphatic carbocycles. The Balaban J connectivity index is 2.06. The molecule has 0 spiro atoms. The van der Waals surface area contributed by atoms with Gasteiger partial charge >= 0.3 is 0 Å². The van der Waals surface area contributed by atoms with Crippen LogP contribution in [0.2, 0.25) is 0 Å². The highest BCUT2D eigenvalue weighted by Gasteiger charge is 2.07. The van der Waals surface area contributed by atoms with Crippen molar-refractivity contribution in [3.8, 4) is 0 Å². The van der Waals surface area contributed by atoms with Crippen LogP contribution < -0.4 is 0 Å². The van der Waals surface area contributed by atoms with Gasteiger partial charge < -0.3 is 9.52 Å². The van der Waals surface area contributed by atoms with E-state index in [9.17, 15) is 5.11 Å². The minimum absolute atomic E-state index is 0.401. The number of aliphatic hydroxyl groups is 1. The fourth-order valence-electron chi connectivity index (χ4n) is 1.64. The zero-order valence-corrected chi connectivity index (χ0v) is 11.1. The maximum atomic E-state index is 9.25. The van der Waals surface area contributed by atoms with Crippen molar-refractivity contribution in [2.24, 2.45) is 0 Å². The molecule has 1 aromatic heterocycles. The molecule has 4 heteroatoms. The van der Waals surface area contributed by atoms with Crippen molar-refractivity contribution in [3.05, 3.63) is 52.1 Å². The summed E-state index contributed by atoms with van der Waals surface area (Å²) in [4.78, 5) is 4.20. The molecule has 1 N–H and O–H groups in total. The van der Waals surface area contributed by atoms with E-state index in [1.54, 1.807) is 13.1 Å². The highest BCUT2D eigenvalue weighted by Crippen LogP contribution is 2.16. The van der Waals surface area contributed by atoms with Gasteiger partial charge in [0.2, 0.25) is 0 Å². The van der Waals surface area contributed by atoms with Crippen LogP contribution in [0.15, 0.2) is 39.4 Å². The van der Waals surface area contributed by atoms with Crippen LogP contribution >= 0.6 is 15.9 Å². The van der Waals surface area contributed by atoms with Crippen molar-refractivity contribution in [1.82, 2.24) is 4.98 Å². The molecule has 1 heterocycles. The number of benzene rings is 1. The van der Waals surface area contributed by atoms with Gasteiger partial charge in [-0.2, -0.15) is 0 Å². The lowest BCUT2D eigenvalue weighted by Crippen LogP contribution is -2.02. The largest absolute Gasteiger partial charge is 0.445 e. The molecule has 0 aliphatic rings. The minimum atomic E-state index is -0.401. The predicted molar refractivity (Wildman–Crippen MR) is 68.8 cm³/mol. The van der Waals surface area contributed by atoms with Crippen LogP contribution in [0.4, 0.5) is 0 Å². The van der Waals surface area contributed by atoms with E-state index in [1.165, 1.54) is 0 Å². The van der Waals surface area contributed by atoms with Gasteiger partial charge in [0.25, 0.3) is 0 Å². The van der Waals surface area contributed by atoms with Crippen molar-refractivity contribution in [1.29, 1.82) is 0 Å². The Morgan fingerprint density at radius 1 is 1.47 bits per heavy atom. The number of aromatic nitrogens is 1. The van der Waals surface area contributed by atoms with Crippen LogP contribution in [0.1, 0.15) is 24.1 Å². The number of nitrogens with zero attached hydrogens (tertiary/aromatic N) is 1. The molecule has 0 bridgehead atoms. The van der Waals surface area contributed by atoms with Crippen molar-refractivity contribution in [3.63, 3.8) is 0 Å². The summed E-state index contributed by atoms with van der Waals surface area (Å²) in [6.07, 6.45) is 2.45. The molecule has 90 valence electrons. The summed E-state index contributed by atoms with van der Waals surface area (Å²) < 4.78 is 6.60. The molecule has 0 fully saturated rings. The van der Waals surface area contributed by atoms with E-state index in [2.05, 4.69) is 20.9 Å². The van der Waals surface area contributed by atoms with Crippen LogP contribution in [0.5, 0.6) is 0 Å². The molecule has 1 unspecified atom stereocenters. The third-order valence-electron chi connectivity index (χ3n) is 2.34. The average molecular weight is 296 g/mol. The van der Waals surface area contributed by atoms with Crippen molar-refractivity contribution in [2.45, 2.75) is 25.9 Å². The Labute approximate surface area is 109 Å². The van der Waals surface area contributed by atoms with E-state index < -0.39 is 6.10 Å². The fraction of sp³-hybridized carbons (Fsp3) is 0.308. The molecule has 0 aliphatic heterocycles. The first kappa shape index (κ1) is 12.3. The molecule has 0 saturated heterocycles. The summed E-state index contributed by atoms with van der Waals surface area (Å²) in [6.45, 7) is 1.73. The van der Waals surface area contributed by atoms with Crippen LogP contribution in [0.25, 0.3) is 0 Å². The molecule has 1 atom stereocenters. The van der Waals surface area contributed by atoms with Crippen LogP contribution in [-0.2, 0) is 12.8 Å². The normalized spacial score (nSPS) is 12.6. The van der Waals surface area contributed by atoms with Gasteiger partial charge in [0.1, 0.15) is 5.76 Å². The number of aliphatic hydroxyl groups excluding tert-OH is 1. The number of hydrogen-bond acceptors (Lipinski definition) is 3. The third-order valence-corrected chi connectivity index (χ3v) is 2.84. The van der Waals surface area contributed by atoms with Crippen molar-refractivity contribution >= 4 is 15.9 Å². The van der Waals surface area contributed by atoms with Crippen molar-refractivity contribution in [2.75, 3.05) is 0 Å². The summed E-state index contributed by atoms with van der Waals surface area (Å²) >= 11 is 3.43. The van der Waals surface area contributed by atoms with E-state index in [0.29, 0.717) is 18.7 Å². The van der Waals surface area contributed by atoms with Gasteiger partial charge in [-0.3, -0.25) is 0 Å². The van der Waals surface area contributed by atoms with E-state index in [-0.39, 0.29) is 0 Å². The van der Waals surface area contributed by atoms with Crippen LogP contribution in [0.3, 0.4) is 0 Å². The molecule has 0 radical (unpaired) electrons. The fourth-order valence-corrected chi connectivity index (χ4v) is 2.08. The van der Waals surface area contributed by atoms with E-state index in [4.69, 9.17) is 4.42 Å². The number of oxazole rings is 1. The Morgan fingerprint density at radius 2 is 2.29 bits per heavy atom. The summed E-state index contributed by atoms with van der Waals surface area (Å²) in [7, 11) is 0. The second-order valence-corrected chi connectivity index (χ2v) is 5.00. The maximum absolute atomic E-state index is 9.25. The molecule has 1 aromatic carbocycles. The zero-order chi connectivity index (χ0) is 12.3. The Bertz CT molecular complexity index is 494. The number of halogens is 1. The summed E-state index contributed by atoms with van der Waals surface area (Å²) in [6, 6.07) is 8.04. The van der Waals surface area contributed by atoms with Gasteiger partial charge in [-0.25, -0.2) is 4.98 Å². The first-order valence-corrected chi connectivity index (χ1v) is 6.29. The minimum Gasteiger partial charge on any atom is -0.445 e. The van der Waals surface area contributed by atoms with E-state index in [1.807, 2.05) is 24.3 Å². The Hall–Kier alpha value is -1.13. The maximum Gasteiger partial charge on any atom is 0.198 e. The zero-order valence-electron chi connectivity index (χ0n) is 9.56. The summed E-state index contributed by atoms with van der Waals surface area (Å²) in [5.74, 6) is 1.41. The molecule has 0 saturated carbocycles. The van der Waals surface area contributed by atoms with E-state index in [0.717, 1.165) is 15.8 Å². The van der Waals surface area contributed by atoms with Crippen molar-refractivity contribution < 1.29 is 9.52 Å². The number of rotatable bonds is 4. The van der Waals surface area contributed by atoms with E-state index >= 15 is 0 Å². The lowest BCUT2D eigenvalue weighted by atomic mass is 10.1. The van der Waals surface area contributed by atoms with Gasteiger partial charge in [0, 0.05) is 17.3 Å². The predicted octanol–water partition coefficient (Wildman–Crippen LogP) is 2.95. The van der Waals surface area contributed by atoms with Gasteiger partial charge in [-0.05, 0) is 24.6 Å². The first-order chi connectivity index (χ1) is 8.13. The second-order valence-electron chi connectivity index (χ2n) is 4.08. The monoisotopic (exact) mass is 295 g/mol. The average Bonchev–Trinajstić information content (AvgIpc) is 2.64. The Morgan fingerprint density at radius 3 is 3.00 bits per heavy atom. The van der Waals surface area contributed by atoms with Gasteiger partial charge in [-0.1, -0.05) is 28.1 Å². The van der Waals surface area contributed by atoms with Gasteiger partial charge in [0.05, 0.1) is 12.3 Å². The van der Waals surface area contributed by atoms with Gasteiger partial charge in [-0.15, -0.1) is 0 Å². The highest BCUT2D eigenvalue weighted by atomic mass is 79.9. The lowest BCUT2D eigenvalue weighted by Gasteiger charge is -2.00. The molecular weight excluding hydrogens is 282 g/mol. The topological polar surface area (TPSA) is 46.3 Å². The van der Waals surface area contributed by atoms with Gasteiger partial charge in [0.15, 0.2) is 5.89 Å². The molecule has 17 heavy (non-hydrogen) atoms. The molecule has 0 amide bonds. The SMILES string of the molecule is CC(O)Cc1cnc(Cc2cccc(Br)c2)o1. The smallest absolute Gasteiger partial charge is 0.198 e. The molecule has 3 nitrogen and oxygen atoms in total. The quantitative estimate of drug-likeness (QED) is 0.943. The Kier molecular flexibility index (Phi) is 3.97. The van der Waals surface area contributed by atoms with Crippen LogP contribution in [-0.4, -0.2) is 16.2 Å². The lowest BCUT2D eigenvalue weighted by molar-refractivity contribution is 0.186. The summed E-state index contributed by atoms with van der Waals surface area (Å²) in [5.41, 5.74) is 1.14. The second kappa shape index (κ2) is 5.47. The highest BCUT2D eigenvalue weighted by molar-refractivity contribution is 9.10.